The van der Waals surface area contributed by atoms with E-state index < -0.39 is 10.2 Å². The summed E-state index contributed by atoms with van der Waals surface area (Å²) in [6, 6.07) is 9.58. The van der Waals surface area contributed by atoms with Gasteiger partial charge in [0.05, 0.1) is 0 Å². The molecule has 1 saturated heterocycles. The van der Waals surface area contributed by atoms with E-state index in [0.29, 0.717) is 13.1 Å². The number of benzene rings is 1. The highest BCUT2D eigenvalue weighted by Gasteiger charge is 2.30. The summed E-state index contributed by atoms with van der Waals surface area (Å²) in [5.41, 5.74) is 1.02. The molecule has 0 amide bonds. The zero-order valence-corrected chi connectivity index (χ0v) is 10.1. The summed E-state index contributed by atoms with van der Waals surface area (Å²) in [6.07, 6.45) is 0.858. The zero-order valence-electron chi connectivity index (χ0n) is 9.26. The second-order valence-electron chi connectivity index (χ2n) is 3.95. The van der Waals surface area contributed by atoms with Gasteiger partial charge in [0, 0.05) is 19.1 Å². The van der Waals surface area contributed by atoms with Crippen molar-refractivity contribution in [3.8, 4) is 0 Å². The van der Waals surface area contributed by atoms with Gasteiger partial charge in [0.15, 0.2) is 0 Å². The number of hydrogen-bond acceptors (Lipinski definition) is 2. The highest BCUT2D eigenvalue weighted by atomic mass is 32.2. The van der Waals surface area contributed by atoms with Crippen LogP contribution in [-0.2, 0) is 10.2 Å². The number of hydrogen-bond donors (Lipinski definition) is 1. The summed E-state index contributed by atoms with van der Waals surface area (Å²) in [7, 11) is -3.29. The first-order valence-corrected chi connectivity index (χ1v) is 6.86. The minimum absolute atomic E-state index is 0.112. The van der Waals surface area contributed by atoms with Crippen LogP contribution >= 0.6 is 0 Å². The minimum Gasteiger partial charge on any atom is -0.202 e. The Balaban J connectivity index is 2.24. The minimum atomic E-state index is -3.29. The molecule has 5 heteroatoms. The molecule has 0 saturated carbocycles. The first-order valence-electron chi connectivity index (χ1n) is 5.42. The van der Waals surface area contributed by atoms with Crippen molar-refractivity contribution in [2.45, 2.75) is 19.4 Å². The number of nitrogens with zero attached hydrogens (tertiary/aromatic N) is 1. The van der Waals surface area contributed by atoms with Crippen molar-refractivity contribution in [3.05, 3.63) is 35.9 Å². The van der Waals surface area contributed by atoms with Crippen LogP contribution in [0.25, 0.3) is 0 Å². The molecule has 1 aromatic carbocycles. The van der Waals surface area contributed by atoms with Gasteiger partial charge in [0.2, 0.25) is 0 Å². The van der Waals surface area contributed by atoms with Crippen molar-refractivity contribution >= 4 is 10.2 Å². The Hall–Kier alpha value is -0.910. The summed E-state index contributed by atoms with van der Waals surface area (Å²) in [4.78, 5) is 0. The standard InChI is InChI=1S/C11H16N2O2S/c1-10(11-6-3-2-4-7-11)13-9-5-8-12-16(13,14)15/h2-4,6-7,10,12H,5,8-9H2,1H3. The predicted molar refractivity (Wildman–Crippen MR) is 63.1 cm³/mol. The quantitative estimate of drug-likeness (QED) is 0.846. The molecule has 0 spiro atoms. The molecular formula is C11H16N2O2S. The molecule has 4 nitrogen and oxygen atoms in total. The molecule has 16 heavy (non-hydrogen) atoms. The molecule has 88 valence electrons. The molecule has 1 aliphatic rings. The second-order valence-corrected chi connectivity index (χ2v) is 5.66. The predicted octanol–water partition coefficient (Wildman–Crippen LogP) is 1.29. The van der Waals surface area contributed by atoms with Crippen LogP contribution in [0.3, 0.4) is 0 Å². The molecule has 0 radical (unpaired) electrons. The molecule has 0 bridgehead atoms. The summed E-state index contributed by atoms with van der Waals surface area (Å²) in [6.45, 7) is 3.05. The maximum atomic E-state index is 11.8. The topological polar surface area (TPSA) is 49.4 Å². The van der Waals surface area contributed by atoms with Gasteiger partial charge in [0.1, 0.15) is 0 Å². The van der Waals surface area contributed by atoms with Crippen molar-refractivity contribution in [1.82, 2.24) is 9.03 Å². The Morgan fingerprint density at radius 3 is 2.62 bits per heavy atom. The zero-order chi connectivity index (χ0) is 11.6. The van der Waals surface area contributed by atoms with Gasteiger partial charge in [-0.05, 0) is 18.9 Å². The van der Waals surface area contributed by atoms with Gasteiger partial charge in [-0.3, -0.25) is 0 Å². The summed E-state index contributed by atoms with van der Waals surface area (Å²) < 4.78 is 27.7. The Kier molecular flexibility index (Phi) is 3.28. The number of nitrogens with one attached hydrogen (secondary N) is 1. The fourth-order valence-corrected chi connectivity index (χ4v) is 3.41. The summed E-state index contributed by atoms with van der Waals surface area (Å²) in [5, 5.41) is 0. The first-order chi connectivity index (χ1) is 7.61. The molecule has 1 heterocycles. The van der Waals surface area contributed by atoms with Gasteiger partial charge in [-0.25, -0.2) is 4.72 Å². The van der Waals surface area contributed by atoms with E-state index in [4.69, 9.17) is 0 Å². The van der Waals surface area contributed by atoms with Gasteiger partial charge in [-0.2, -0.15) is 12.7 Å². The van der Waals surface area contributed by atoms with E-state index >= 15 is 0 Å². The molecule has 1 fully saturated rings. The second kappa shape index (κ2) is 4.53. The molecule has 0 aliphatic carbocycles. The van der Waals surface area contributed by atoms with E-state index in [2.05, 4.69) is 4.72 Å². The average Bonchev–Trinajstić information content (AvgIpc) is 2.29. The maximum Gasteiger partial charge on any atom is 0.279 e. The van der Waals surface area contributed by atoms with Crippen LogP contribution < -0.4 is 4.72 Å². The van der Waals surface area contributed by atoms with Gasteiger partial charge in [-0.1, -0.05) is 30.3 Å². The van der Waals surface area contributed by atoms with Crippen molar-refractivity contribution in [3.63, 3.8) is 0 Å². The summed E-state index contributed by atoms with van der Waals surface area (Å²) >= 11 is 0. The van der Waals surface area contributed by atoms with E-state index in [1.165, 1.54) is 4.31 Å². The highest BCUT2D eigenvalue weighted by molar-refractivity contribution is 7.87. The monoisotopic (exact) mass is 240 g/mol. The van der Waals surface area contributed by atoms with Crippen molar-refractivity contribution in [2.24, 2.45) is 0 Å². The lowest BCUT2D eigenvalue weighted by Crippen LogP contribution is -2.47. The Morgan fingerprint density at radius 1 is 1.31 bits per heavy atom. The van der Waals surface area contributed by atoms with E-state index in [0.717, 1.165) is 12.0 Å². The molecule has 1 aromatic rings. The lowest BCUT2D eigenvalue weighted by atomic mass is 10.1. The third-order valence-corrected chi connectivity index (χ3v) is 4.55. The SMILES string of the molecule is CC(c1ccccc1)N1CCCNS1(=O)=O. The summed E-state index contributed by atoms with van der Waals surface area (Å²) in [5.74, 6) is 0. The Bertz CT molecular complexity index is 444. The average molecular weight is 240 g/mol. The van der Waals surface area contributed by atoms with Gasteiger partial charge in [-0.15, -0.1) is 0 Å². The third-order valence-electron chi connectivity index (χ3n) is 2.86. The molecule has 2 rings (SSSR count). The van der Waals surface area contributed by atoms with Gasteiger partial charge in [0.25, 0.3) is 10.2 Å². The van der Waals surface area contributed by atoms with E-state index in [9.17, 15) is 8.42 Å². The fourth-order valence-electron chi connectivity index (χ4n) is 1.94. The van der Waals surface area contributed by atoms with E-state index in [1.54, 1.807) is 0 Å². The Labute approximate surface area is 96.5 Å². The number of rotatable bonds is 2. The first kappa shape index (κ1) is 11.6. The van der Waals surface area contributed by atoms with Crippen molar-refractivity contribution in [1.29, 1.82) is 0 Å². The molecule has 1 atom stereocenters. The molecule has 1 unspecified atom stereocenters. The van der Waals surface area contributed by atoms with Crippen LogP contribution in [0.4, 0.5) is 0 Å². The third kappa shape index (κ3) is 2.26. The van der Waals surface area contributed by atoms with Crippen LogP contribution in [0.5, 0.6) is 0 Å². The lowest BCUT2D eigenvalue weighted by molar-refractivity contribution is 0.315. The normalized spacial score (nSPS) is 22.8. The van der Waals surface area contributed by atoms with Crippen molar-refractivity contribution < 1.29 is 8.42 Å². The Morgan fingerprint density at radius 2 is 2.00 bits per heavy atom. The largest absolute Gasteiger partial charge is 0.279 e. The van der Waals surface area contributed by atoms with Crippen LogP contribution in [-0.4, -0.2) is 25.8 Å². The van der Waals surface area contributed by atoms with Gasteiger partial charge >= 0.3 is 0 Å². The van der Waals surface area contributed by atoms with E-state index in [1.807, 2.05) is 37.3 Å². The smallest absolute Gasteiger partial charge is 0.202 e. The van der Waals surface area contributed by atoms with E-state index in [-0.39, 0.29) is 6.04 Å². The lowest BCUT2D eigenvalue weighted by Gasteiger charge is -2.32. The van der Waals surface area contributed by atoms with Crippen LogP contribution in [0, 0.1) is 0 Å². The maximum absolute atomic E-state index is 11.8. The van der Waals surface area contributed by atoms with Crippen LogP contribution in [0.2, 0.25) is 0 Å². The highest BCUT2D eigenvalue weighted by Crippen LogP contribution is 2.23. The van der Waals surface area contributed by atoms with Crippen LogP contribution in [0.1, 0.15) is 24.9 Å². The molecular weight excluding hydrogens is 224 g/mol. The van der Waals surface area contributed by atoms with Gasteiger partial charge < -0.3 is 0 Å². The van der Waals surface area contributed by atoms with Crippen molar-refractivity contribution in [2.75, 3.05) is 13.1 Å². The molecule has 1 N–H and O–H groups in total. The molecule has 0 aromatic heterocycles. The van der Waals surface area contributed by atoms with Crippen LogP contribution in [0.15, 0.2) is 30.3 Å². The fraction of sp³-hybridized carbons (Fsp3) is 0.455. The molecule has 1 aliphatic heterocycles.